The molecule has 2 aromatic heterocycles. The van der Waals surface area contributed by atoms with E-state index >= 15 is 0 Å². The van der Waals surface area contributed by atoms with E-state index in [2.05, 4.69) is 35.2 Å². The van der Waals surface area contributed by atoms with E-state index < -0.39 is 0 Å². The van der Waals surface area contributed by atoms with Gasteiger partial charge >= 0.3 is 5.69 Å². The molecule has 0 aliphatic heterocycles. The molecule has 0 bridgehead atoms. The van der Waals surface area contributed by atoms with Crippen molar-refractivity contribution in [2.24, 2.45) is 0 Å². The van der Waals surface area contributed by atoms with Gasteiger partial charge in [-0.25, -0.2) is 4.79 Å². The summed E-state index contributed by atoms with van der Waals surface area (Å²) in [5.41, 5.74) is 3.82. The van der Waals surface area contributed by atoms with Crippen molar-refractivity contribution in [3.63, 3.8) is 0 Å². The maximum Gasteiger partial charge on any atom is 0.323 e. The number of hydrogen-bond donors (Lipinski definition) is 3. The predicted molar refractivity (Wildman–Crippen MR) is 80.0 cm³/mol. The van der Waals surface area contributed by atoms with E-state index in [4.69, 9.17) is 0 Å². The number of aromatic nitrogens is 2. The summed E-state index contributed by atoms with van der Waals surface area (Å²) in [5.74, 6) is 0. The molecule has 4 nitrogen and oxygen atoms in total. The van der Waals surface area contributed by atoms with Gasteiger partial charge in [0.25, 0.3) is 0 Å². The monoisotopic (exact) mass is 273 g/mol. The number of nitrogens with one attached hydrogen (secondary N) is 3. The molecule has 0 saturated carbocycles. The number of fused-ring (bicyclic) bond motifs is 1. The average molecular weight is 273 g/mol. The van der Waals surface area contributed by atoms with Gasteiger partial charge in [-0.15, -0.1) is 11.3 Å². The number of benzene rings is 1. The first kappa shape index (κ1) is 12.0. The molecule has 0 aliphatic carbocycles. The van der Waals surface area contributed by atoms with Crippen LogP contribution >= 0.6 is 11.3 Å². The van der Waals surface area contributed by atoms with Gasteiger partial charge in [-0.05, 0) is 43.7 Å². The maximum atomic E-state index is 11.2. The Morgan fingerprint density at radius 1 is 1.16 bits per heavy atom. The highest BCUT2D eigenvalue weighted by Gasteiger charge is 2.03. The highest BCUT2D eigenvalue weighted by Crippen LogP contribution is 2.22. The molecule has 5 heteroatoms. The smallest absolute Gasteiger partial charge is 0.323 e. The van der Waals surface area contributed by atoms with Crippen molar-refractivity contribution in [3.05, 3.63) is 50.1 Å². The first-order valence-electron chi connectivity index (χ1n) is 6.13. The van der Waals surface area contributed by atoms with Crippen molar-refractivity contribution < 1.29 is 0 Å². The number of imidazole rings is 1. The van der Waals surface area contributed by atoms with Crippen LogP contribution in [0, 0.1) is 13.8 Å². The molecule has 98 valence electrons. The van der Waals surface area contributed by atoms with Gasteiger partial charge in [0, 0.05) is 22.0 Å². The summed E-state index contributed by atoms with van der Waals surface area (Å²) in [5, 5.41) is 3.39. The summed E-state index contributed by atoms with van der Waals surface area (Å²) in [6.07, 6.45) is 0. The van der Waals surface area contributed by atoms with Crippen LogP contribution in [0.2, 0.25) is 0 Å². The quantitative estimate of drug-likeness (QED) is 0.686. The molecule has 0 radical (unpaired) electrons. The standard InChI is InChI=1S/C14H15N3OS/c1-8-5-10(9(2)19-8)7-15-11-3-4-12-13(6-11)17-14(18)16-12/h3-6,15H,7H2,1-2H3,(H2,16,17,18). The average Bonchev–Trinajstić information content (AvgIpc) is 2.87. The van der Waals surface area contributed by atoms with E-state index in [1.807, 2.05) is 29.5 Å². The second kappa shape index (κ2) is 4.59. The first-order valence-corrected chi connectivity index (χ1v) is 6.95. The number of hydrogen-bond acceptors (Lipinski definition) is 3. The summed E-state index contributed by atoms with van der Waals surface area (Å²) in [7, 11) is 0. The third-order valence-corrected chi connectivity index (χ3v) is 4.15. The fourth-order valence-corrected chi connectivity index (χ4v) is 3.15. The normalized spacial score (nSPS) is 11.1. The first-order chi connectivity index (χ1) is 9.11. The predicted octanol–water partition coefficient (Wildman–Crippen LogP) is 3.15. The van der Waals surface area contributed by atoms with Crippen LogP contribution in [0.15, 0.2) is 29.1 Å². The van der Waals surface area contributed by atoms with Crippen LogP contribution in [0.3, 0.4) is 0 Å². The Morgan fingerprint density at radius 3 is 2.68 bits per heavy atom. The Balaban J connectivity index is 1.81. The SMILES string of the molecule is Cc1cc(CNc2ccc3[nH]c(=O)[nH]c3c2)c(C)s1. The molecule has 0 spiro atoms. The van der Waals surface area contributed by atoms with E-state index in [1.54, 1.807) is 0 Å². The molecule has 1 aromatic carbocycles. The number of anilines is 1. The molecule has 3 aromatic rings. The van der Waals surface area contributed by atoms with E-state index in [9.17, 15) is 4.79 Å². The molecule has 0 unspecified atom stereocenters. The Labute approximate surface area is 114 Å². The van der Waals surface area contributed by atoms with Crippen molar-refractivity contribution in [1.29, 1.82) is 0 Å². The zero-order valence-electron chi connectivity index (χ0n) is 10.8. The largest absolute Gasteiger partial charge is 0.381 e. The van der Waals surface area contributed by atoms with Gasteiger partial charge in [0.2, 0.25) is 0 Å². The molecule has 0 saturated heterocycles. The van der Waals surface area contributed by atoms with Crippen LogP contribution < -0.4 is 11.0 Å². The number of H-pyrrole nitrogens is 2. The Morgan fingerprint density at radius 2 is 1.95 bits per heavy atom. The van der Waals surface area contributed by atoms with Crippen LogP contribution in [-0.4, -0.2) is 9.97 Å². The third kappa shape index (κ3) is 2.42. The highest BCUT2D eigenvalue weighted by molar-refractivity contribution is 7.12. The molecule has 0 amide bonds. The lowest BCUT2D eigenvalue weighted by Crippen LogP contribution is -1.99. The Bertz CT molecular complexity index is 781. The van der Waals surface area contributed by atoms with E-state index in [-0.39, 0.29) is 5.69 Å². The lowest BCUT2D eigenvalue weighted by molar-refractivity contribution is 1.14. The minimum Gasteiger partial charge on any atom is -0.381 e. The lowest BCUT2D eigenvalue weighted by Gasteiger charge is -2.06. The third-order valence-electron chi connectivity index (χ3n) is 3.14. The molecule has 2 heterocycles. The number of aryl methyl sites for hydroxylation is 2. The second-order valence-corrected chi connectivity index (χ2v) is 6.09. The lowest BCUT2D eigenvalue weighted by atomic mass is 10.2. The summed E-state index contributed by atoms with van der Waals surface area (Å²) in [4.78, 5) is 19.4. The van der Waals surface area contributed by atoms with Crippen molar-refractivity contribution in [2.75, 3.05) is 5.32 Å². The minimum absolute atomic E-state index is 0.170. The molecule has 3 rings (SSSR count). The topological polar surface area (TPSA) is 60.7 Å². The molecule has 0 fully saturated rings. The van der Waals surface area contributed by atoms with Gasteiger partial charge < -0.3 is 15.3 Å². The van der Waals surface area contributed by atoms with Crippen LogP contribution in [0.5, 0.6) is 0 Å². The zero-order valence-corrected chi connectivity index (χ0v) is 11.6. The van der Waals surface area contributed by atoms with E-state index in [0.29, 0.717) is 0 Å². The zero-order chi connectivity index (χ0) is 13.4. The van der Waals surface area contributed by atoms with Gasteiger partial charge in [-0.3, -0.25) is 0 Å². The molecule has 19 heavy (non-hydrogen) atoms. The molecule has 0 atom stereocenters. The Kier molecular flexibility index (Phi) is 2.91. The van der Waals surface area contributed by atoms with Crippen molar-refractivity contribution in [1.82, 2.24) is 9.97 Å². The van der Waals surface area contributed by atoms with Gasteiger partial charge in [-0.1, -0.05) is 0 Å². The van der Waals surface area contributed by atoms with Crippen LogP contribution in [0.25, 0.3) is 11.0 Å². The van der Waals surface area contributed by atoms with Crippen LogP contribution in [0.4, 0.5) is 5.69 Å². The van der Waals surface area contributed by atoms with Gasteiger partial charge in [0.15, 0.2) is 0 Å². The van der Waals surface area contributed by atoms with Crippen molar-refractivity contribution in [2.45, 2.75) is 20.4 Å². The fraction of sp³-hybridized carbons (Fsp3) is 0.214. The molecular formula is C14H15N3OS. The van der Waals surface area contributed by atoms with Gasteiger partial charge in [-0.2, -0.15) is 0 Å². The second-order valence-electron chi connectivity index (χ2n) is 4.63. The Hall–Kier alpha value is -2.01. The van der Waals surface area contributed by atoms with Crippen LogP contribution in [0.1, 0.15) is 15.3 Å². The van der Waals surface area contributed by atoms with E-state index in [0.717, 1.165) is 23.3 Å². The fourth-order valence-electron chi connectivity index (χ4n) is 2.20. The summed E-state index contributed by atoms with van der Waals surface area (Å²) < 4.78 is 0. The van der Waals surface area contributed by atoms with Crippen LogP contribution in [-0.2, 0) is 6.54 Å². The molecule has 3 N–H and O–H groups in total. The molecular weight excluding hydrogens is 258 g/mol. The minimum atomic E-state index is -0.170. The van der Waals surface area contributed by atoms with Gasteiger partial charge in [0.1, 0.15) is 0 Å². The maximum absolute atomic E-state index is 11.2. The number of aromatic amines is 2. The van der Waals surface area contributed by atoms with E-state index in [1.165, 1.54) is 15.3 Å². The summed E-state index contributed by atoms with van der Waals surface area (Å²) >= 11 is 1.82. The van der Waals surface area contributed by atoms with Crippen molar-refractivity contribution >= 4 is 28.1 Å². The summed E-state index contributed by atoms with van der Waals surface area (Å²) in [6, 6.07) is 8.04. The summed E-state index contributed by atoms with van der Waals surface area (Å²) in [6.45, 7) is 5.07. The highest BCUT2D eigenvalue weighted by atomic mass is 32.1. The number of rotatable bonds is 3. The molecule has 0 aliphatic rings. The number of thiophene rings is 1. The van der Waals surface area contributed by atoms with Crippen molar-refractivity contribution in [3.8, 4) is 0 Å². The van der Waals surface area contributed by atoms with Gasteiger partial charge in [0.05, 0.1) is 11.0 Å².